The maximum Gasteiger partial charge on any atom is 0.322 e. The Balaban J connectivity index is 1.42. The van der Waals surface area contributed by atoms with Crippen molar-refractivity contribution >= 4 is 28.6 Å². The molecule has 2 heterocycles. The molecule has 0 fully saturated rings. The van der Waals surface area contributed by atoms with E-state index in [-0.39, 0.29) is 24.5 Å². The number of H-pyrrole nitrogens is 1. The van der Waals surface area contributed by atoms with Crippen molar-refractivity contribution in [3.63, 3.8) is 0 Å². The third kappa shape index (κ3) is 4.64. The fourth-order valence-electron chi connectivity index (χ4n) is 4.87. The zero-order valence-corrected chi connectivity index (χ0v) is 20.4. The summed E-state index contributed by atoms with van der Waals surface area (Å²) in [5, 5.41) is 4.23. The first-order valence-electron chi connectivity index (χ1n) is 12.1. The summed E-state index contributed by atoms with van der Waals surface area (Å²) in [4.78, 5) is 30.7. The molecule has 5 rings (SSSR count). The number of ether oxygens (including phenoxy) is 2. The number of hydrogen-bond donors (Lipinski definition) is 2. The number of rotatable bonds is 6. The van der Waals surface area contributed by atoms with Crippen LogP contribution < -0.4 is 10.1 Å². The van der Waals surface area contributed by atoms with E-state index in [2.05, 4.69) is 22.4 Å². The maximum absolute atomic E-state index is 13.5. The minimum atomic E-state index is -0.268. The Labute approximate surface area is 210 Å². The monoisotopic (exact) mass is 483 g/mol. The van der Waals surface area contributed by atoms with Gasteiger partial charge in [0.1, 0.15) is 5.75 Å². The van der Waals surface area contributed by atoms with Crippen LogP contribution in [0.15, 0.2) is 72.8 Å². The van der Waals surface area contributed by atoms with Gasteiger partial charge in [-0.25, -0.2) is 4.79 Å². The summed E-state index contributed by atoms with van der Waals surface area (Å²) in [6, 6.07) is 23.0. The van der Waals surface area contributed by atoms with Crippen LogP contribution in [-0.2, 0) is 22.4 Å². The first kappa shape index (κ1) is 23.5. The lowest BCUT2D eigenvalue weighted by Gasteiger charge is -2.36. The molecule has 1 atom stereocenters. The van der Waals surface area contributed by atoms with E-state index in [1.807, 2.05) is 65.6 Å². The molecule has 0 spiro atoms. The summed E-state index contributed by atoms with van der Waals surface area (Å²) < 4.78 is 10.4. The van der Waals surface area contributed by atoms with Crippen molar-refractivity contribution in [1.29, 1.82) is 0 Å². The van der Waals surface area contributed by atoms with Crippen LogP contribution in [0.3, 0.4) is 0 Å². The van der Waals surface area contributed by atoms with Gasteiger partial charge < -0.3 is 24.7 Å². The largest absolute Gasteiger partial charge is 0.497 e. The predicted octanol–water partition coefficient (Wildman–Crippen LogP) is 5.46. The molecule has 0 saturated heterocycles. The average Bonchev–Trinajstić information content (AvgIpc) is 3.28. The van der Waals surface area contributed by atoms with Crippen LogP contribution in [0.25, 0.3) is 10.9 Å². The number of benzene rings is 3. The van der Waals surface area contributed by atoms with Crippen LogP contribution in [0.2, 0.25) is 0 Å². The number of fused-ring (bicyclic) bond motifs is 3. The van der Waals surface area contributed by atoms with Gasteiger partial charge in [0.2, 0.25) is 0 Å². The van der Waals surface area contributed by atoms with E-state index in [4.69, 9.17) is 9.47 Å². The summed E-state index contributed by atoms with van der Waals surface area (Å²) in [5.41, 5.74) is 5.86. The van der Waals surface area contributed by atoms with E-state index >= 15 is 0 Å². The van der Waals surface area contributed by atoms with Crippen molar-refractivity contribution < 1.29 is 19.1 Å². The smallest absolute Gasteiger partial charge is 0.322 e. The van der Waals surface area contributed by atoms with Gasteiger partial charge in [0.05, 0.1) is 26.2 Å². The van der Waals surface area contributed by atoms with Gasteiger partial charge >= 0.3 is 12.0 Å². The second-order valence-electron chi connectivity index (χ2n) is 8.79. The highest BCUT2D eigenvalue weighted by Gasteiger charge is 2.34. The minimum absolute atomic E-state index is 0.182. The Hall–Kier alpha value is -4.26. The van der Waals surface area contributed by atoms with Gasteiger partial charge in [0, 0.05) is 28.8 Å². The van der Waals surface area contributed by atoms with E-state index in [0.29, 0.717) is 18.8 Å². The van der Waals surface area contributed by atoms with Gasteiger partial charge in [-0.1, -0.05) is 42.5 Å². The summed E-state index contributed by atoms with van der Waals surface area (Å²) in [6.07, 6.45) is 0.967. The highest BCUT2D eigenvalue weighted by atomic mass is 16.5. The first-order chi connectivity index (χ1) is 17.6. The number of aromatic amines is 1. The molecule has 1 aromatic heterocycles. The number of methoxy groups -OCH3 is 1. The molecule has 0 aliphatic carbocycles. The fraction of sp³-hybridized carbons (Fsp3) is 0.241. The van der Waals surface area contributed by atoms with Gasteiger partial charge in [0.25, 0.3) is 0 Å². The number of urea groups is 1. The lowest BCUT2D eigenvalue weighted by Crippen LogP contribution is -2.43. The molecule has 184 valence electrons. The van der Waals surface area contributed by atoms with Crippen LogP contribution in [-0.4, -0.2) is 42.1 Å². The number of carbonyl (C=O) groups excluding carboxylic acids is 2. The normalized spacial score (nSPS) is 14.8. The number of nitrogens with one attached hydrogen (secondary N) is 2. The molecule has 7 heteroatoms. The highest BCUT2D eigenvalue weighted by molar-refractivity contribution is 5.91. The third-order valence-electron chi connectivity index (χ3n) is 6.59. The SMILES string of the molecule is CCOC(=O)Cc1ccc(NC(=O)N2CCc3c([nH]c4ccccc34)[C@H]2c2ccc(OC)cc2)cc1. The molecule has 36 heavy (non-hydrogen) atoms. The number of aromatic nitrogens is 1. The number of anilines is 1. The van der Waals surface area contributed by atoms with E-state index < -0.39 is 0 Å². The van der Waals surface area contributed by atoms with Crippen molar-refractivity contribution in [3.05, 3.63) is 95.2 Å². The fourth-order valence-corrected chi connectivity index (χ4v) is 4.87. The topological polar surface area (TPSA) is 83.7 Å². The third-order valence-corrected chi connectivity index (χ3v) is 6.59. The Morgan fingerprint density at radius 2 is 1.78 bits per heavy atom. The molecule has 0 unspecified atom stereocenters. The number of nitrogens with zero attached hydrogens (tertiary/aromatic N) is 1. The lowest BCUT2D eigenvalue weighted by molar-refractivity contribution is -0.142. The molecule has 1 aliphatic heterocycles. The minimum Gasteiger partial charge on any atom is -0.497 e. The number of amides is 2. The predicted molar refractivity (Wildman–Crippen MR) is 139 cm³/mol. The van der Waals surface area contributed by atoms with Gasteiger partial charge in [-0.2, -0.15) is 0 Å². The number of esters is 1. The van der Waals surface area contributed by atoms with Crippen LogP contribution >= 0.6 is 0 Å². The van der Waals surface area contributed by atoms with Gasteiger partial charge in [-0.3, -0.25) is 4.79 Å². The molecule has 2 amide bonds. The second-order valence-corrected chi connectivity index (χ2v) is 8.79. The molecule has 1 aliphatic rings. The quantitative estimate of drug-likeness (QED) is 0.357. The Bertz CT molecular complexity index is 1380. The van der Waals surface area contributed by atoms with E-state index in [1.54, 1.807) is 14.0 Å². The molecule has 7 nitrogen and oxygen atoms in total. The Morgan fingerprint density at radius 1 is 1.03 bits per heavy atom. The van der Waals surface area contributed by atoms with Crippen LogP contribution in [0.1, 0.15) is 35.3 Å². The summed E-state index contributed by atoms with van der Waals surface area (Å²) in [7, 11) is 1.64. The van der Waals surface area contributed by atoms with Crippen molar-refractivity contribution in [2.24, 2.45) is 0 Å². The lowest BCUT2D eigenvalue weighted by atomic mass is 9.92. The van der Waals surface area contributed by atoms with Crippen molar-refractivity contribution in [1.82, 2.24) is 9.88 Å². The first-order valence-corrected chi connectivity index (χ1v) is 12.1. The van der Waals surface area contributed by atoms with Gasteiger partial charge in [-0.15, -0.1) is 0 Å². The van der Waals surface area contributed by atoms with Crippen molar-refractivity contribution in [3.8, 4) is 5.75 Å². The summed E-state index contributed by atoms with van der Waals surface area (Å²) in [5.74, 6) is 0.504. The zero-order chi connectivity index (χ0) is 25.1. The second kappa shape index (κ2) is 10.2. The van der Waals surface area contributed by atoms with E-state index in [9.17, 15) is 9.59 Å². The number of carbonyl (C=O) groups is 2. The van der Waals surface area contributed by atoms with Crippen molar-refractivity contribution in [2.75, 3.05) is 25.6 Å². The molecular weight excluding hydrogens is 454 g/mol. The molecule has 0 bridgehead atoms. The van der Waals surface area contributed by atoms with Crippen LogP contribution in [0, 0.1) is 0 Å². The van der Waals surface area contributed by atoms with E-state index in [1.165, 1.54) is 10.9 Å². The van der Waals surface area contributed by atoms with Crippen LogP contribution in [0.5, 0.6) is 5.75 Å². The number of hydrogen-bond acceptors (Lipinski definition) is 4. The highest BCUT2D eigenvalue weighted by Crippen LogP contribution is 2.39. The standard InChI is InChI=1S/C29H29N3O4/c1-3-36-26(33)18-19-8-12-21(13-9-19)30-29(34)32-17-16-24-23-6-4-5-7-25(23)31-27(24)28(32)20-10-14-22(35-2)15-11-20/h4-15,28,31H,3,16-18H2,1-2H3,(H,30,34)/t28-/m1/s1. The molecule has 3 aromatic carbocycles. The molecule has 0 radical (unpaired) electrons. The molecule has 0 saturated carbocycles. The average molecular weight is 484 g/mol. The number of para-hydroxylation sites is 1. The Kier molecular flexibility index (Phi) is 6.62. The summed E-state index contributed by atoms with van der Waals surface area (Å²) in [6.45, 7) is 2.73. The molecule has 2 N–H and O–H groups in total. The molecule has 4 aromatic rings. The summed E-state index contributed by atoms with van der Waals surface area (Å²) >= 11 is 0. The maximum atomic E-state index is 13.5. The van der Waals surface area contributed by atoms with Crippen molar-refractivity contribution in [2.45, 2.75) is 25.8 Å². The van der Waals surface area contributed by atoms with E-state index in [0.717, 1.165) is 34.5 Å². The Morgan fingerprint density at radius 3 is 2.50 bits per heavy atom. The zero-order valence-electron chi connectivity index (χ0n) is 20.4. The van der Waals surface area contributed by atoms with Gasteiger partial charge in [-0.05, 0) is 60.4 Å². The van der Waals surface area contributed by atoms with Crippen LogP contribution in [0.4, 0.5) is 10.5 Å². The van der Waals surface area contributed by atoms with Gasteiger partial charge in [0.15, 0.2) is 0 Å². The molecular formula is C29H29N3O4.